The van der Waals surface area contributed by atoms with Gasteiger partial charge in [0.15, 0.2) is 0 Å². The summed E-state index contributed by atoms with van der Waals surface area (Å²) in [7, 11) is -3.39. The van der Waals surface area contributed by atoms with Crippen molar-refractivity contribution in [2.24, 2.45) is 5.92 Å². The first kappa shape index (κ1) is 17.9. The number of hydrogen-bond acceptors (Lipinski definition) is 4. The van der Waals surface area contributed by atoms with E-state index in [4.69, 9.17) is 5.26 Å². The van der Waals surface area contributed by atoms with Gasteiger partial charge in [0, 0.05) is 12.6 Å². The van der Waals surface area contributed by atoms with Crippen LogP contribution in [-0.4, -0.2) is 39.0 Å². The Balaban J connectivity index is 1.87. The molecule has 5 nitrogen and oxygen atoms in total. The van der Waals surface area contributed by atoms with Crippen molar-refractivity contribution in [3.05, 3.63) is 35.4 Å². The molecule has 126 valence electrons. The molecule has 1 unspecified atom stereocenters. The van der Waals surface area contributed by atoms with Crippen LogP contribution in [-0.2, 0) is 15.8 Å². The molecule has 0 radical (unpaired) electrons. The molecule has 1 fully saturated rings. The Bertz CT molecular complexity index is 659. The maximum atomic E-state index is 12.2. The average molecular weight is 335 g/mol. The van der Waals surface area contributed by atoms with Gasteiger partial charge in [-0.1, -0.05) is 19.1 Å². The highest BCUT2D eigenvalue weighted by atomic mass is 32.2. The lowest BCUT2D eigenvalue weighted by Crippen LogP contribution is -2.45. The van der Waals surface area contributed by atoms with Crippen molar-refractivity contribution < 1.29 is 8.42 Å². The molecule has 6 heteroatoms. The predicted molar refractivity (Wildman–Crippen MR) is 91.2 cm³/mol. The van der Waals surface area contributed by atoms with E-state index in [2.05, 4.69) is 23.5 Å². The predicted octanol–water partition coefficient (Wildman–Crippen LogP) is 2.10. The summed E-state index contributed by atoms with van der Waals surface area (Å²) in [6.45, 7) is 6.83. The largest absolute Gasteiger partial charge is 0.299 e. The monoisotopic (exact) mass is 335 g/mol. The first-order chi connectivity index (χ1) is 10.9. The van der Waals surface area contributed by atoms with Crippen molar-refractivity contribution in [2.45, 2.75) is 38.5 Å². The summed E-state index contributed by atoms with van der Waals surface area (Å²) in [4.78, 5) is 2.35. The Labute approximate surface area is 139 Å². The van der Waals surface area contributed by atoms with Crippen LogP contribution in [0.4, 0.5) is 0 Å². The van der Waals surface area contributed by atoms with Crippen LogP contribution in [0.1, 0.15) is 37.8 Å². The van der Waals surface area contributed by atoms with E-state index in [0.717, 1.165) is 19.0 Å². The number of benzene rings is 1. The van der Waals surface area contributed by atoms with Crippen molar-refractivity contribution in [3.63, 3.8) is 0 Å². The van der Waals surface area contributed by atoms with Crippen LogP contribution < -0.4 is 4.72 Å². The van der Waals surface area contributed by atoms with Crippen LogP contribution in [0.3, 0.4) is 0 Å². The van der Waals surface area contributed by atoms with E-state index in [1.54, 1.807) is 24.3 Å². The molecule has 1 aromatic rings. The van der Waals surface area contributed by atoms with Crippen molar-refractivity contribution >= 4 is 10.0 Å². The number of nitrogens with zero attached hydrogens (tertiary/aromatic N) is 2. The van der Waals surface area contributed by atoms with Gasteiger partial charge in [-0.05, 0) is 56.5 Å². The fraction of sp³-hybridized carbons (Fsp3) is 0.588. The van der Waals surface area contributed by atoms with Crippen LogP contribution in [0.25, 0.3) is 0 Å². The molecule has 0 aliphatic carbocycles. The first-order valence-corrected chi connectivity index (χ1v) is 9.75. The Morgan fingerprint density at radius 2 is 2.09 bits per heavy atom. The summed E-state index contributed by atoms with van der Waals surface area (Å²) in [5, 5.41) is 8.88. The molecule has 1 aliphatic rings. The average Bonchev–Trinajstić information content (AvgIpc) is 2.53. The Morgan fingerprint density at radius 1 is 1.39 bits per heavy atom. The van der Waals surface area contributed by atoms with Gasteiger partial charge in [-0.3, -0.25) is 4.90 Å². The molecule has 1 N–H and O–H groups in total. The van der Waals surface area contributed by atoms with Gasteiger partial charge in [0.25, 0.3) is 0 Å². The second-order valence-corrected chi connectivity index (χ2v) is 8.29. The minimum absolute atomic E-state index is 0.0910. The fourth-order valence-corrected chi connectivity index (χ4v) is 4.06. The van der Waals surface area contributed by atoms with E-state index in [0.29, 0.717) is 17.7 Å². The third-order valence-electron chi connectivity index (χ3n) is 4.45. The molecule has 0 bridgehead atoms. The minimum atomic E-state index is -3.39. The third-order valence-corrected chi connectivity index (χ3v) is 5.77. The molecule has 23 heavy (non-hydrogen) atoms. The molecule has 1 saturated heterocycles. The van der Waals surface area contributed by atoms with Gasteiger partial charge in [0.05, 0.1) is 17.4 Å². The Morgan fingerprint density at radius 3 is 2.74 bits per heavy atom. The minimum Gasteiger partial charge on any atom is -0.299 e. The summed E-state index contributed by atoms with van der Waals surface area (Å²) in [6, 6.07) is 8.96. The van der Waals surface area contributed by atoms with Crippen LogP contribution in [0.2, 0.25) is 0 Å². The van der Waals surface area contributed by atoms with E-state index >= 15 is 0 Å². The number of hydrogen-bond donors (Lipinski definition) is 1. The first-order valence-electron chi connectivity index (χ1n) is 8.10. The zero-order valence-electron chi connectivity index (χ0n) is 13.8. The van der Waals surface area contributed by atoms with Crippen molar-refractivity contribution in [1.82, 2.24) is 9.62 Å². The van der Waals surface area contributed by atoms with Gasteiger partial charge in [-0.2, -0.15) is 5.26 Å². The third kappa shape index (κ3) is 5.61. The molecule has 0 amide bonds. The highest BCUT2D eigenvalue weighted by Gasteiger charge is 2.21. The summed E-state index contributed by atoms with van der Waals surface area (Å²) in [5.41, 5.74) is 1.12. The number of sulfonamides is 1. The second-order valence-electron chi connectivity index (χ2n) is 6.49. The van der Waals surface area contributed by atoms with Gasteiger partial charge in [-0.15, -0.1) is 0 Å². The number of piperidine rings is 1. The molecule has 1 heterocycles. The van der Waals surface area contributed by atoms with Crippen molar-refractivity contribution in [2.75, 3.05) is 19.6 Å². The van der Waals surface area contributed by atoms with E-state index in [9.17, 15) is 8.42 Å². The number of likely N-dealkylation sites (tertiary alicyclic amines) is 1. The molecular formula is C17H25N3O2S. The topological polar surface area (TPSA) is 73.2 Å². The molecule has 1 aliphatic heterocycles. The van der Waals surface area contributed by atoms with Gasteiger partial charge in [-0.25, -0.2) is 13.1 Å². The Hall–Kier alpha value is -1.42. The second kappa shape index (κ2) is 7.91. The smallest absolute Gasteiger partial charge is 0.215 e. The van der Waals surface area contributed by atoms with Crippen LogP contribution in [0.15, 0.2) is 24.3 Å². The maximum absolute atomic E-state index is 12.2. The lowest BCUT2D eigenvalue weighted by atomic mass is 9.98. The molecule has 0 saturated carbocycles. The normalized spacial score (nSPS) is 18.5. The highest BCUT2D eigenvalue weighted by molar-refractivity contribution is 7.88. The Kier molecular flexibility index (Phi) is 6.17. The summed E-state index contributed by atoms with van der Waals surface area (Å²) < 4.78 is 27.2. The fourth-order valence-electron chi connectivity index (χ4n) is 2.85. The van der Waals surface area contributed by atoms with Crippen LogP contribution in [0.5, 0.6) is 0 Å². The van der Waals surface area contributed by atoms with Gasteiger partial charge >= 0.3 is 0 Å². The molecular weight excluding hydrogens is 310 g/mol. The van der Waals surface area contributed by atoms with Crippen molar-refractivity contribution in [1.29, 1.82) is 5.26 Å². The molecule has 1 atom stereocenters. The summed E-state index contributed by atoms with van der Waals surface area (Å²) in [5.74, 6) is 0.675. The van der Waals surface area contributed by atoms with Crippen molar-refractivity contribution in [3.8, 4) is 6.07 Å². The van der Waals surface area contributed by atoms with E-state index in [1.165, 1.54) is 12.8 Å². The summed E-state index contributed by atoms with van der Waals surface area (Å²) in [6.07, 6.45) is 2.36. The van der Waals surface area contributed by atoms with Gasteiger partial charge in [0.2, 0.25) is 10.0 Å². The van der Waals surface area contributed by atoms with Gasteiger partial charge in [0.1, 0.15) is 0 Å². The molecule has 0 aromatic heterocycles. The molecule has 1 aromatic carbocycles. The lowest BCUT2D eigenvalue weighted by Gasteiger charge is -2.34. The highest BCUT2D eigenvalue weighted by Crippen LogP contribution is 2.17. The zero-order chi connectivity index (χ0) is 16.9. The van der Waals surface area contributed by atoms with E-state index in [1.807, 2.05) is 6.07 Å². The molecule has 2 rings (SSSR count). The number of nitrogens with one attached hydrogen (secondary N) is 1. The van der Waals surface area contributed by atoms with Crippen LogP contribution >= 0.6 is 0 Å². The quantitative estimate of drug-likeness (QED) is 0.864. The lowest BCUT2D eigenvalue weighted by molar-refractivity contribution is 0.148. The van der Waals surface area contributed by atoms with Gasteiger partial charge < -0.3 is 0 Å². The standard InChI is InChI=1S/C17H25N3O2S/c1-14-6-8-20(9-7-14)15(2)12-19-23(21,22)13-17-5-3-4-16(10-17)11-18/h3-5,10,14-15,19H,6-9,12-13H2,1-2H3. The van der Waals surface area contributed by atoms with E-state index in [-0.39, 0.29) is 11.8 Å². The van der Waals surface area contributed by atoms with Crippen LogP contribution in [0, 0.1) is 17.2 Å². The zero-order valence-corrected chi connectivity index (χ0v) is 14.6. The number of rotatable bonds is 6. The maximum Gasteiger partial charge on any atom is 0.215 e. The van der Waals surface area contributed by atoms with E-state index < -0.39 is 10.0 Å². The summed E-state index contributed by atoms with van der Waals surface area (Å²) >= 11 is 0. The SMILES string of the molecule is CC1CCN(C(C)CNS(=O)(=O)Cc2cccc(C#N)c2)CC1. The molecule has 0 spiro atoms. The number of nitriles is 1.